The van der Waals surface area contributed by atoms with Gasteiger partial charge in [0, 0.05) is 5.56 Å². The van der Waals surface area contributed by atoms with Crippen LogP contribution >= 0.6 is 0 Å². The van der Waals surface area contributed by atoms with Gasteiger partial charge < -0.3 is 9.47 Å². The number of allylic oxidation sites excluding steroid dienone is 2. The molecule has 1 aromatic rings. The van der Waals surface area contributed by atoms with E-state index < -0.39 is 0 Å². The van der Waals surface area contributed by atoms with Crippen LogP contribution in [0.3, 0.4) is 0 Å². The lowest BCUT2D eigenvalue weighted by molar-refractivity contribution is 0.354. The number of ether oxygens (including phenoxy) is 2. The van der Waals surface area contributed by atoms with Crippen molar-refractivity contribution in [3.8, 4) is 11.5 Å². The number of rotatable bonds is 3. The van der Waals surface area contributed by atoms with Crippen LogP contribution in [0.1, 0.15) is 31.2 Å². The molecular weight excluding hydrogens is 200 g/mol. The smallest absolute Gasteiger partial charge is 0.168 e. The Morgan fingerprint density at radius 1 is 1.06 bits per heavy atom. The Morgan fingerprint density at radius 2 is 1.94 bits per heavy atom. The Morgan fingerprint density at radius 3 is 2.56 bits per heavy atom. The minimum absolute atomic E-state index is 0.812. The van der Waals surface area contributed by atoms with Gasteiger partial charge in [-0.3, -0.25) is 0 Å². The molecule has 0 saturated heterocycles. The molecule has 0 N–H and O–H groups in total. The maximum atomic E-state index is 5.45. The summed E-state index contributed by atoms with van der Waals surface area (Å²) in [7, 11) is 3.38. The molecule has 0 radical (unpaired) electrons. The van der Waals surface area contributed by atoms with Crippen LogP contribution in [0.25, 0.3) is 5.57 Å². The van der Waals surface area contributed by atoms with Crippen molar-refractivity contribution in [1.29, 1.82) is 0 Å². The fraction of sp³-hybridized carbons (Fsp3) is 0.429. The number of hydrogen-bond donors (Lipinski definition) is 0. The maximum Gasteiger partial charge on any atom is 0.168 e. The fourth-order valence-electron chi connectivity index (χ4n) is 2.22. The number of para-hydroxylation sites is 1. The molecule has 0 heterocycles. The van der Waals surface area contributed by atoms with Crippen LogP contribution in [0.2, 0.25) is 0 Å². The van der Waals surface area contributed by atoms with Crippen molar-refractivity contribution in [2.24, 2.45) is 0 Å². The molecule has 0 saturated carbocycles. The third kappa shape index (κ3) is 2.06. The molecular formula is C14H18O2. The Labute approximate surface area is 96.9 Å². The van der Waals surface area contributed by atoms with E-state index in [0.717, 1.165) is 17.9 Å². The van der Waals surface area contributed by atoms with Crippen LogP contribution in [0.4, 0.5) is 0 Å². The van der Waals surface area contributed by atoms with E-state index in [1.54, 1.807) is 14.2 Å². The first-order valence-corrected chi connectivity index (χ1v) is 5.77. The lowest BCUT2D eigenvalue weighted by atomic mass is 9.93. The third-order valence-electron chi connectivity index (χ3n) is 3.04. The molecule has 1 aromatic carbocycles. The molecule has 0 amide bonds. The van der Waals surface area contributed by atoms with E-state index in [1.165, 1.54) is 30.4 Å². The van der Waals surface area contributed by atoms with Gasteiger partial charge in [0.15, 0.2) is 11.5 Å². The third-order valence-corrected chi connectivity index (χ3v) is 3.04. The van der Waals surface area contributed by atoms with Gasteiger partial charge in [-0.1, -0.05) is 18.2 Å². The second-order valence-corrected chi connectivity index (χ2v) is 4.02. The van der Waals surface area contributed by atoms with Gasteiger partial charge in [0.2, 0.25) is 0 Å². The summed E-state index contributed by atoms with van der Waals surface area (Å²) in [5.74, 6) is 1.67. The minimum Gasteiger partial charge on any atom is -0.493 e. The van der Waals surface area contributed by atoms with Gasteiger partial charge >= 0.3 is 0 Å². The van der Waals surface area contributed by atoms with Crippen LogP contribution in [-0.4, -0.2) is 14.2 Å². The monoisotopic (exact) mass is 218 g/mol. The molecule has 2 rings (SSSR count). The van der Waals surface area contributed by atoms with E-state index >= 15 is 0 Å². The summed E-state index contributed by atoms with van der Waals surface area (Å²) in [5, 5.41) is 0. The zero-order valence-corrected chi connectivity index (χ0v) is 9.95. The largest absolute Gasteiger partial charge is 0.493 e. The summed E-state index contributed by atoms with van der Waals surface area (Å²) in [6, 6.07) is 6.07. The maximum absolute atomic E-state index is 5.45. The standard InChI is InChI=1S/C14H18O2/c1-15-13-10-6-9-12(14(13)16-2)11-7-4-3-5-8-11/h6-7,9-10H,3-5,8H2,1-2H3. The molecule has 2 heteroatoms. The van der Waals surface area contributed by atoms with Crippen molar-refractivity contribution < 1.29 is 9.47 Å². The summed E-state index contributed by atoms with van der Waals surface area (Å²) >= 11 is 0. The SMILES string of the molecule is COc1cccc(C2=CCCCC2)c1OC. The Hall–Kier alpha value is -1.44. The molecule has 86 valence electrons. The highest BCUT2D eigenvalue weighted by Gasteiger charge is 2.14. The van der Waals surface area contributed by atoms with Crippen LogP contribution in [0, 0.1) is 0 Å². The van der Waals surface area contributed by atoms with E-state index in [1.807, 2.05) is 12.1 Å². The molecule has 16 heavy (non-hydrogen) atoms. The zero-order chi connectivity index (χ0) is 11.4. The normalized spacial score (nSPS) is 15.5. The van der Waals surface area contributed by atoms with Crippen molar-refractivity contribution >= 4 is 5.57 Å². The lowest BCUT2D eigenvalue weighted by Gasteiger charge is -2.17. The van der Waals surface area contributed by atoms with Crippen molar-refractivity contribution in [3.05, 3.63) is 29.8 Å². The average molecular weight is 218 g/mol. The molecule has 1 aliphatic carbocycles. The summed E-state index contributed by atoms with van der Waals surface area (Å²) in [4.78, 5) is 0. The van der Waals surface area contributed by atoms with Gasteiger partial charge in [-0.2, -0.15) is 0 Å². The fourth-order valence-corrected chi connectivity index (χ4v) is 2.22. The van der Waals surface area contributed by atoms with E-state index in [9.17, 15) is 0 Å². The highest BCUT2D eigenvalue weighted by molar-refractivity contribution is 5.73. The Bertz CT molecular complexity index is 394. The molecule has 0 fully saturated rings. The Balaban J connectivity index is 2.42. The van der Waals surface area contributed by atoms with Crippen LogP contribution in [-0.2, 0) is 0 Å². The Kier molecular flexibility index (Phi) is 3.50. The van der Waals surface area contributed by atoms with Crippen LogP contribution < -0.4 is 9.47 Å². The minimum atomic E-state index is 0.812. The van der Waals surface area contributed by atoms with E-state index in [4.69, 9.17) is 9.47 Å². The van der Waals surface area contributed by atoms with E-state index in [2.05, 4.69) is 12.1 Å². The molecule has 1 aliphatic rings. The molecule has 2 nitrogen and oxygen atoms in total. The predicted octanol–water partition coefficient (Wildman–Crippen LogP) is 3.66. The van der Waals surface area contributed by atoms with Crippen molar-refractivity contribution in [2.75, 3.05) is 14.2 Å². The van der Waals surface area contributed by atoms with Crippen molar-refractivity contribution in [3.63, 3.8) is 0 Å². The molecule has 0 bridgehead atoms. The number of methoxy groups -OCH3 is 2. The van der Waals surface area contributed by atoms with E-state index in [-0.39, 0.29) is 0 Å². The number of hydrogen-bond acceptors (Lipinski definition) is 2. The highest BCUT2D eigenvalue weighted by atomic mass is 16.5. The zero-order valence-electron chi connectivity index (χ0n) is 9.95. The van der Waals surface area contributed by atoms with Crippen molar-refractivity contribution in [2.45, 2.75) is 25.7 Å². The van der Waals surface area contributed by atoms with Crippen LogP contribution in [0.15, 0.2) is 24.3 Å². The van der Waals surface area contributed by atoms with Gasteiger partial charge in [0.25, 0.3) is 0 Å². The van der Waals surface area contributed by atoms with Gasteiger partial charge in [-0.05, 0) is 37.3 Å². The van der Waals surface area contributed by atoms with Crippen LogP contribution in [0.5, 0.6) is 11.5 Å². The summed E-state index contributed by atoms with van der Waals surface area (Å²) < 4.78 is 10.8. The van der Waals surface area contributed by atoms with E-state index in [0.29, 0.717) is 0 Å². The molecule has 0 aromatic heterocycles. The molecule has 0 unspecified atom stereocenters. The quantitative estimate of drug-likeness (QED) is 0.770. The average Bonchev–Trinajstić information content (AvgIpc) is 2.38. The van der Waals surface area contributed by atoms with Gasteiger partial charge in [-0.25, -0.2) is 0 Å². The second kappa shape index (κ2) is 5.06. The van der Waals surface area contributed by atoms with Gasteiger partial charge in [0.05, 0.1) is 14.2 Å². The lowest BCUT2D eigenvalue weighted by Crippen LogP contribution is -1.98. The highest BCUT2D eigenvalue weighted by Crippen LogP contribution is 2.38. The molecule has 0 aliphatic heterocycles. The summed E-state index contributed by atoms with van der Waals surface area (Å²) in [6.45, 7) is 0. The molecule has 0 atom stereocenters. The first-order valence-electron chi connectivity index (χ1n) is 5.77. The number of benzene rings is 1. The summed E-state index contributed by atoms with van der Waals surface area (Å²) in [6.07, 6.45) is 7.21. The first-order chi connectivity index (χ1) is 7.86. The van der Waals surface area contributed by atoms with Gasteiger partial charge in [0.1, 0.15) is 0 Å². The topological polar surface area (TPSA) is 18.5 Å². The molecule has 0 spiro atoms. The predicted molar refractivity (Wildman–Crippen MR) is 66.0 cm³/mol. The summed E-state index contributed by atoms with van der Waals surface area (Å²) in [5.41, 5.74) is 2.57. The van der Waals surface area contributed by atoms with Gasteiger partial charge in [-0.15, -0.1) is 0 Å². The second-order valence-electron chi connectivity index (χ2n) is 4.02. The van der Waals surface area contributed by atoms with Crippen molar-refractivity contribution in [1.82, 2.24) is 0 Å². The first kappa shape index (κ1) is 11.1.